The third-order valence-corrected chi connectivity index (χ3v) is 4.54. The fourth-order valence-corrected chi connectivity index (χ4v) is 2.88. The van der Waals surface area contributed by atoms with E-state index < -0.39 is 5.09 Å². The molecule has 1 aromatic heterocycles. The minimum atomic E-state index is -1.50. The minimum absolute atomic E-state index is 0.0977. The summed E-state index contributed by atoms with van der Waals surface area (Å²) in [5.74, 6) is 0. The van der Waals surface area contributed by atoms with E-state index in [2.05, 4.69) is 17.1 Å². The Labute approximate surface area is 178 Å². The number of aryl methyl sites for hydroxylation is 1. The highest BCUT2D eigenvalue weighted by molar-refractivity contribution is 6.30. The van der Waals surface area contributed by atoms with Crippen LogP contribution in [0.25, 0.3) is 0 Å². The van der Waals surface area contributed by atoms with E-state index >= 15 is 0 Å². The quantitative estimate of drug-likeness (QED) is 0.392. The van der Waals surface area contributed by atoms with Gasteiger partial charge < -0.3 is 14.5 Å². The van der Waals surface area contributed by atoms with Gasteiger partial charge in [-0.25, -0.2) is 4.98 Å². The molecule has 0 aliphatic rings. The predicted molar refractivity (Wildman–Crippen MR) is 111 cm³/mol. The van der Waals surface area contributed by atoms with Crippen LogP contribution in [0, 0.1) is 10.1 Å². The lowest BCUT2D eigenvalue weighted by Crippen LogP contribution is -2.20. The maximum absolute atomic E-state index is 8.36. The van der Waals surface area contributed by atoms with Gasteiger partial charge in [0.1, 0.15) is 0 Å². The molecule has 29 heavy (non-hydrogen) atoms. The molecule has 0 saturated heterocycles. The highest BCUT2D eigenvalue weighted by Crippen LogP contribution is 2.16. The third kappa shape index (κ3) is 9.43. The van der Waals surface area contributed by atoms with Crippen molar-refractivity contribution in [1.82, 2.24) is 9.55 Å². The number of aromatic nitrogens is 2. The van der Waals surface area contributed by atoms with E-state index in [0.29, 0.717) is 6.61 Å². The Morgan fingerprint density at radius 3 is 2.14 bits per heavy atom. The molecule has 154 valence electrons. The molecule has 0 amide bonds. The predicted octanol–water partition coefficient (Wildman–Crippen LogP) is 5.06. The van der Waals surface area contributed by atoms with Gasteiger partial charge in [-0.1, -0.05) is 47.5 Å². The average Bonchev–Trinajstić information content (AvgIpc) is 3.19. The molecule has 1 atom stereocenters. The number of ether oxygens (including phenoxy) is 1. The van der Waals surface area contributed by atoms with Gasteiger partial charge in [0.05, 0.1) is 19.0 Å². The molecule has 9 heteroatoms. The number of halogens is 2. The summed E-state index contributed by atoms with van der Waals surface area (Å²) in [5.41, 5.74) is 2.38. The Morgan fingerprint density at radius 1 is 1.07 bits per heavy atom. The van der Waals surface area contributed by atoms with Gasteiger partial charge in [0.2, 0.25) is 0 Å². The van der Waals surface area contributed by atoms with Crippen molar-refractivity contribution >= 4 is 23.2 Å². The van der Waals surface area contributed by atoms with Crippen molar-refractivity contribution in [2.45, 2.75) is 32.1 Å². The molecular formula is C20H21Cl2N3O4. The molecular weight excluding hydrogens is 417 g/mol. The molecule has 2 aromatic carbocycles. The molecule has 0 aliphatic carbocycles. The lowest BCUT2D eigenvalue weighted by Gasteiger charge is -2.19. The van der Waals surface area contributed by atoms with E-state index in [-0.39, 0.29) is 6.10 Å². The molecule has 7 nitrogen and oxygen atoms in total. The molecule has 0 saturated carbocycles. The summed E-state index contributed by atoms with van der Waals surface area (Å²) in [6.07, 6.45) is 7.53. The van der Waals surface area contributed by atoms with Gasteiger partial charge in [0.25, 0.3) is 5.09 Å². The Kier molecular flexibility index (Phi) is 9.43. The Balaban J connectivity index is 0.000000687. The van der Waals surface area contributed by atoms with Crippen molar-refractivity contribution in [2.24, 2.45) is 0 Å². The summed E-state index contributed by atoms with van der Waals surface area (Å²) in [5, 5.41) is 15.1. The molecule has 3 aromatic rings. The Morgan fingerprint density at radius 2 is 1.62 bits per heavy atom. The number of nitrogens with zero attached hydrogens (tertiary/aromatic N) is 3. The molecule has 0 fully saturated rings. The highest BCUT2D eigenvalue weighted by Gasteiger charge is 2.11. The molecule has 0 radical (unpaired) electrons. The lowest BCUT2D eigenvalue weighted by molar-refractivity contribution is -0.742. The lowest BCUT2D eigenvalue weighted by atomic mass is 10.1. The Hall–Kier alpha value is -2.61. The smallest absolute Gasteiger partial charge is 0.291 e. The van der Waals surface area contributed by atoms with Gasteiger partial charge >= 0.3 is 0 Å². The molecule has 0 bridgehead atoms. The summed E-state index contributed by atoms with van der Waals surface area (Å²) >= 11 is 11.9. The van der Waals surface area contributed by atoms with Crippen LogP contribution in [0.15, 0.2) is 67.3 Å². The maximum Gasteiger partial charge on any atom is 0.291 e. The monoisotopic (exact) mass is 437 g/mol. The largest absolute Gasteiger partial charge is 0.372 e. The zero-order chi connectivity index (χ0) is 21.1. The van der Waals surface area contributed by atoms with Gasteiger partial charge in [0, 0.05) is 29.0 Å². The van der Waals surface area contributed by atoms with Gasteiger partial charge in [0.15, 0.2) is 0 Å². The van der Waals surface area contributed by atoms with Crippen LogP contribution in [0.3, 0.4) is 0 Å². The van der Waals surface area contributed by atoms with Crippen molar-refractivity contribution in [3.63, 3.8) is 0 Å². The second-order valence-corrected chi connectivity index (χ2v) is 7.09. The van der Waals surface area contributed by atoms with Crippen LogP contribution in [0.5, 0.6) is 0 Å². The molecule has 0 spiro atoms. The second-order valence-electron chi connectivity index (χ2n) is 6.22. The van der Waals surface area contributed by atoms with Crippen LogP contribution < -0.4 is 0 Å². The summed E-state index contributed by atoms with van der Waals surface area (Å²) < 4.78 is 8.22. The number of hydrogen-bond donors (Lipinski definition) is 1. The number of imidazole rings is 1. The minimum Gasteiger partial charge on any atom is -0.372 e. The summed E-state index contributed by atoms with van der Waals surface area (Å²) in [6.45, 7) is 1.35. The first-order chi connectivity index (χ1) is 13.9. The second kappa shape index (κ2) is 12.1. The molecule has 1 unspecified atom stereocenters. The molecule has 1 N–H and O–H groups in total. The van der Waals surface area contributed by atoms with Crippen LogP contribution >= 0.6 is 23.2 Å². The first-order valence-electron chi connectivity index (χ1n) is 8.82. The SMILES string of the molecule is Clc1ccc(CCC(Cn2ccnc2)OCc2ccc(Cl)cc2)cc1.O=[N+]([O-])O. The van der Waals surface area contributed by atoms with E-state index in [1.54, 1.807) is 6.20 Å². The van der Waals surface area contributed by atoms with E-state index in [0.717, 1.165) is 35.0 Å². The van der Waals surface area contributed by atoms with E-state index in [9.17, 15) is 0 Å². The van der Waals surface area contributed by atoms with Crippen molar-refractivity contribution in [3.05, 3.63) is 98.5 Å². The summed E-state index contributed by atoms with van der Waals surface area (Å²) in [6, 6.07) is 15.8. The molecule has 1 heterocycles. The van der Waals surface area contributed by atoms with Gasteiger partial charge in [-0.3, -0.25) is 0 Å². The fraction of sp³-hybridized carbons (Fsp3) is 0.250. The highest BCUT2D eigenvalue weighted by atomic mass is 35.5. The van der Waals surface area contributed by atoms with Crippen LogP contribution in [0.2, 0.25) is 10.0 Å². The Bertz CT molecular complexity index is 803. The van der Waals surface area contributed by atoms with E-state index in [1.165, 1.54) is 5.56 Å². The molecule has 3 rings (SSSR count). The van der Waals surface area contributed by atoms with Crippen molar-refractivity contribution < 1.29 is 15.0 Å². The number of rotatable bonds is 8. The van der Waals surface area contributed by atoms with Crippen LogP contribution in [0.1, 0.15) is 17.5 Å². The first kappa shape index (κ1) is 22.7. The van der Waals surface area contributed by atoms with E-state index in [4.69, 9.17) is 43.3 Å². The first-order valence-corrected chi connectivity index (χ1v) is 9.57. The average molecular weight is 438 g/mol. The topological polar surface area (TPSA) is 90.4 Å². The van der Waals surface area contributed by atoms with Crippen LogP contribution in [0.4, 0.5) is 0 Å². The normalized spacial score (nSPS) is 11.4. The fourth-order valence-electron chi connectivity index (χ4n) is 2.63. The van der Waals surface area contributed by atoms with Gasteiger partial charge in [-0.05, 0) is 48.2 Å². The zero-order valence-corrected chi connectivity index (χ0v) is 17.0. The van der Waals surface area contributed by atoms with Crippen molar-refractivity contribution in [1.29, 1.82) is 0 Å². The van der Waals surface area contributed by atoms with Crippen LogP contribution in [-0.4, -0.2) is 25.9 Å². The zero-order valence-electron chi connectivity index (χ0n) is 15.5. The van der Waals surface area contributed by atoms with Gasteiger partial charge in [-0.2, -0.15) is 0 Å². The molecule has 0 aliphatic heterocycles. The summed E-state index contributed by atoms with van der Waals surface area (Å²) in [4.78, 5) is 12.5. The van der Waals surface area contributed by atoms with Crippen LogP contribution in [-0.2, 0) is 24.3 Å². The van der Waals surface area contributed by atoms with Gasteiger partial charge in [-0.15, -0.1) is 10.1 Å². The third-order valence-electron chi connectivity index (χ3n) is 4.04. The number of hydrogen-bond acceptors (Lipinski definition) is 4. The maximum atomic E-state index is 8.36. The summed E-state index contributed by atoms with van der Waals surface area (Å²) in [7, 11) is 0. The van der Waals surface area contributed by atoms with Crippen molar-refractivity contribution in [3.8, 4) is 0 Å². The van der Waals surface area contributed by atoms with Crippen molar-refractivity contribution in [2.75, 3.05) is 0 Å². The number of benzene rings is 2. The standard InChI is InChI=1S/C20H20Cl2N2O.HNO3/c21-18-6-1-16(2-7-18)5-10-20(13-24-12-11-23-15-24)25-14-17-3-8-19(22)9-4-17;2-1(3)4/h1-4,6-9,11-12,15,20H,5,10,13-14H2;(H,2,3,4). The van der Waals surface area contributed by atoms with E-state index in [1.807, 2.05) is 53.5 Å².